The fourth-order valence-corrected chi connectivity index (χ4v) is 2.76. The van der Waals surface area contributed by atoms with Crippen molar-refractivity contribution in [2.75, 3.05) is 19.0 Å². The minimum absolute atomic E-state index is 0.126. The minimum atomic E-state index is -3.77. The van der Waals surface area contributed by atoms with E-state index in [1.54, 1.807) is 12.1 Å². The number of nitrogens with two attached hydrogens (primary N) is 1. The van der Waals surface area contributed by atoms with Crippen molar-refractivity contribution in [3.8, 4) is 5.75 Å². The molecule has 0 saturated heterocycles. The van der Waals surface area contributed by atoms with E-state index in [9.17, 15) is 8.42 Å². The molecule has 17 heavy (non-hydrogen) atoms. The van der Waals surface area contributed by atoms with Crippen molar-refractivity contribution in [1.29, 1.82) is 0 Å². The second kappa shape index (κ2) is 5.37. The van der Waals surface area contributed by atoms with E-state index in [2.05, 4.69) is 5.32 Å². The van der Waals surface area contributed by atoms with Crippen LogP contribution in [0.4, 0.5) is 5.69 Å². The maximum atomic E-state index is 11.7. The zero-order valence-electron chi connectivity index (χ0n) is 10.3. The monoisotopic (exact) mass is 258 g/mol. The number of hydrogen-bond donors (Lipinski definition) is 2. The highest BCUT2D eigenvalue weighted by atomic mass is 32.2. The summed E-state index contributed by atoms with van der Waals surface area (Å²) in [7, 11) is -2.28. The number of ether oxygens (including phenoxy) is 1. The van der Waals surface area contributed by atoms with Gasteiger partial charge in [-0.3, -0.25) is 0 Å². The quantitative estimate of drug-likeness (QED) is 0.835. The van der Waals surface area contributed by atoms with Crippen LogP contribution in [0.3, 0.4) is 0 Å². The Labute approximate surface area is 102 Å². The molecular weight excluding hydrogens is 240 g/mol. The average Bonchev–Trinajstić information content (AvgIpc) is 2.27. The van der Waals surface area contributed by atoms with E-state index >= 15 is 0 Å². The van der Waals surface area contributed by atoms with E-state index in [1.165, 1.54) is 7.11 Å². The predicted molar refractivity (Wildman–Crippen MR) is 67.9 cm³/mol. The fraction of sp³-hybridized carbons (Fsp3) is 0.455. The van der Waals surface area contributed by atoms with E-state index in [4.69, 9.17) is 9.88 Å². The molecule has 3 N–H and O–H groups in total. The Kier molecular flexibility index (Phi) is 4.36. The standard InChI is InChI=1S/C11H18N2O3S/c1-4-8-6-7-9(16-3)10(13-5-2)11(8)17(12,14)15/h6-7,13H,4-5H2,1-3H3,(H2,12,14,15). The van der Waals surface area contributed by atoms with Crippen LogP contribution < -0.4 is 15.2 Å². The van der Waals surface area contributed by atoms with Crippen LogP contribution in [0.1, 0.15) is 19.4 Å². The number of anilines is 1. The van der Waals surface area contributed by atoms with Gasteiger partial charge in [-0.25, -0.2) is 13.6 Å². The molecule has 0 fully saturated rings. The number of benzene rings is 1. The molecule has 0 aromatic heterocycles. The average molecular weight is 258 g/mol. The summed E-state index contributed by atoms with van der Waals surface area (Å²) in [4.78, 5) is 0.126. The summed E-state index contributed by atoms with van der Waals surface area (Å²) in [6, 6.07) is 3.46. The van der Waals surface area contributed by atoms with Gasteiger partial charge in [0.25, 0.3) is 0 Å². The van der Waals surface area contributed by atoms with Gasteiger partial charge in [0, 0.05) is 6.54 Å². The molecule has 0 saturated carbocycles. The van der Waals surface area contributed by atoms with Crippen molar-refractivity contribution in [2.24, 2.45) is 5.14 Å². The molecule has 1 rings (SSSR count). The number of sulfonamides is 1. The Balaban J connectivity index is 3.58. The van der Waals surface area contributed by atoms with Crippen molar-refractivity contribution in [3.05, 3.63) is 17.7 Å². The van der Waals surface area contributed by atoms with Crippen molar-refractivity contribution in [2.45, 2.75) is 25.2 Å². The maximum absolute atomic E-state index is 11.7. The van der Waals surface area contributed by atoms with Gasteiger partial charge in [0.1, 0.15) is 10.6 Å². The van der Waals surface area contributed by atoms with Gasteiger partial charge in [0.05, 0.1) is 12.8 Å². The van der Waals surface area contributed by atoms with Crippen molar-refractivity contribution in [3.63, 3.8) is 0 Å². The Hall–Kier alpha value is -1.27. The summed E-state index contributed by atoms with van der Waals surface area (Å²) < 4.78 is 28.5. The zero-order chi connectivity index (χ0) is 13.1. The summed E-state index contributed by atoms with van der Waals surface area (Å²) in [6.07, 6.45) is 0.591. The lowest BCUT2D eigenvalue weighted by Gasteiger charge is -2.16. The van der Waals surface area contributed by atoms with Gasteiger partial charge in [0.15, 0.2) is 0 Å². The third kappa shape index (κ3) is 2.89. The van der Waals surface area contributed by atoms with Gasteiger partial charge in [-0.1, -0.05) is 13.0 Å². The molecule has 96 valence electrons. The van der Waals surface area contributed by atoms with Crippen LogP contribution >= 0.6 is 0 Å². The highest BCUT2D eigenvalue weighted by Crippen LogP contribution is 2.34. The fourth-order valence-electron chi connectivity index (χ4n) is 1.73. The molecule has 5 nitrogen and oxygen atoms in total. The Morgan fingerprint density at radius 3 is 2.41 bits per heavy atom. The van der Waals surface area contributed by atoms with Crippen LogP contribution in [0.25, 0.3) is 0 Å². The zero-order valence-corrected chi connectivity index (χ0v) is 11.1. The second-order valence-electron chi connectivity index (χ2n) is 3.56. The second-order valence-corrected chi connectivity index (χ2v) is 5.06. The number of hydrogen-bond acceptors (Lipinski definition) is 4. The summed E-state index contributed by atoms with van der Waals surface area (Å²) in [5, 5.41) is 8.26. The van der Waals surface area contributed by atoms with Gasteiger partial charge >= 0.3 is 0 Å². The number of nitrogens with one attached hydrogen (secondary N) is 1. The van der Waals surface area contributed by atoms with Crippen LogP contribution in [0.5, 0.6) is 5.75 Å². The summed E-state index contributed by atoms with van der Waals surface area (Å²) in [5.74, 6) is 0.480. The SMILES string of the molecule is CCNc1c(OC)ccc(CC)c1S(N)(=O)=O. The number of primary sulfonamides is 1. The van der Waals surface area contributed by atoms with Crippen LogP contribution in [0.2, 0.25) is 0 Å². The third-order valence-corrected chi connectivity index (χ3v) is 3.48. The number of rotatable bonds is 5. The molecule has 0 radical (unpaired) electrons. The first kappa shape index (κ1) is 13.8. The van der Waals surface area contributed by atoms with Crippen LogP contribution in [0.15, 0.2) is 17.0 Å². The van der Waals surface area contributed by atoms with Gasteiger partial charge in [0.2, 0.25) is 10.0 Å². The molecule has 0 amide bonds. The van der Waals surface area contributed by atoms with Gasteiger partial charge < -0.3 is 10.1 Å². The first-order chi connectivity index (χ1) is 7.95. The van der Waals surface area contributed by atoms with E-state index < -0.39 is 10.0 Å². The summed E-state index contributed by atoms with van der Waals surface area (Å²) >= 11 is 0. The molecule has 6 heteroatoms. The molecule has 0 aliphatic carbocycles. The molecule has 0 bridgehead atoms. The lowest BCUT2D eigenvalue weighted by molar-refractivity contribution is 0.415. The van der Waals surface area contributed by atoms with Gasteiger partial charge in [-0.05, 0) is 25.0 Å². The number of methoxy groups -OCH3 is 1. The molecule has 0 atom stereocenters. The normalized spacial score (nSPS) is 11.3. The first-order valence-corrected chi connectivity index (χ1v) is 6.96. The largest absolute Gasteiger partial charge is 0.495 e. The Bertz CT molecular complexity index is 498. The lowest BCUT2D eigenvalue weighted by Crippen LogP contribution is -2.18. The van der Waals surface area contributed by atoms with Crippen molar-refractivity contribution in [1.82, 2.24) is 0 Å². The maximum Gasteiger partial charge on any atom is 0.240 e. The molecule has 1 aromatic rings. The van der Waals surface area contributed by atoms with E-state index in [0.717, 1.165) is 0 Å². The van der Waals surface area contributed by atoms with E-state index in [0.29, 0.717) is 30.0 Å². The molecule has 0 aliphatic rings. The first-order valence-electron chi connectivity index (χ1n) is 5.42. The predicted octanol–water partition coefficient (Wildman–Crippen LogP) is 1.34. The van der Waals surface area contributed by atoms with Gasteiger partial charge in [-0.15, -0.1) is 0 Å². The highest BCUT2D eigenvalue weighted by Gasteiger charge is 2.21. The highest BCUT2D eigenvalue weighted by molar-refractivity contribution is 7.89. The Morgan fingerprint density at radius 2 is 2.00 bits per heavy atom. The smallest absolute Gasteiger partial charge is 0.240 e. The minimum Gasteiger partial charge on any atom is -0.495 e. The van der Waals surface area contributed by atoms with Crippen LogP contribution in [-0.4, -0.2) is 22.1 Å². The van der Waals surface area contributed by atoms with E-state index in [-0.39, 0.29) is 4.90 Å². The summed E-state index contributed by atoms with van der Waals surface area (Å²) in [6.45, 7) is 4.35. The van der Waals surface area contributed by atoms with Crippen LogP contribution in [0, 0.1) is 0 Å². The topological polar surface area (TPSA) is 81.4 Å². The molecule has 0 aliphatic heterocycles. The molecule has 0 spiro atoms. The third-order valence-electron chi connectivity index (χ3n) is 2.44. The summed E-state index contributed by atoms with van der Waals surface area (Å²) in [5.41, 5.74) is 1.13. The molecule has 0 unspecified atom stereocenters. The van der Waals surface area contributed by atoms with Crippen molar-refractivity contribution < 1.29 is 13.2 Å². The molecule has 0 heterocycles. The van der Waals surface area contributed by atoms with E-state index in [1.807, 2.05) is 13.8 Å². The molecule has 1 aromatic carbocycles. The van der Waals surface area contributed by atoms with Crippen molar-refractivity contribution >= 4 is 15.7 Å². The lowest BCUT2D eigenvalue weighted by atomic mass is 10.1. The Morgan fingerprint density at radius 1 is 1.35 bits per heavy atom. The van der Waals surface area contributed by atoms with Gasteiger partial charge in [-0.2, -0.15) is 0 Å². The molecular formula is C11H18N2O3S. The number of aryl methyl sites for hydroxylation is 1. The van der Waals surface area contributed by atoms with Crippen LogP contribution in [-0.2, 0) is 16.4 Å².